The van der Waals surface area contributed by atoms with Gasteiger partial charge >= 0.3 is 0 Å². The fourth-order valence-electron chi connectivity index (χ4n) is 2.49. The molecular formula is C17H27ClIN5O2S2. The van der Waals surface area contributed by atoms with E-state index in [-0.39, 0.29) is 24.0 Å². The zero-order valence-corrected chi connectivity index (χ0v) is 21.1. The number of likely N-dealkylation sites (N-methyl/N-ethyl adjacent to an activating group) is 1. The van der Waals surface area contributed by atoms with Crippen LogP contribution in [-0.2, 0) is 23.6 Å². The van der Waals surface area contributed by atoms with Crippen LogP contribution in [0.2, 0.25) is 5.02 Å². The Morgan fingerprint density at radius 1 is 1.39 bits per heavy atom. The van der Waals surface area contributed by atoms with Gasteiger partial charge in [-0.15, -0.1) is 35.3 Å². The Balaban J connectivity index is 0.00000392. The zero-order chi connectivity index (χ0) is 20.0. The highest BCUT2D eigenvalue weighted by molar-refractivity contribution is 14.0. The van der Waals surface area contributed by atoms with Crippen LogP contribution >= 0.6 is 46.9 Å². The van der Waals surface area contributed by atoms with Crippen molar-refractivity contribution in [1.29, 1.82) is 0 Å². The van der Waals surface area contributed by atoms with Gasteiger partial charge in [0.05, 0.1) is 18.1 Å². The number of guanidine groups is 1. The molecule has 0 saturated heterocycles. The van der Waals surface area contributed by atoms with E-state index in [0.717, 1.165) is 18.2 Å². The van der Waals surface area contributed by atoms with E-state index in [1.807, 2.05) is 42.7 Å². The number of aliphatic imine (C=N–C) groups is 1. The van der Waals surface area contributed by atoms with Crippen molar-refractivity contribution >= 4 is 62.9 Å². The van der Waals surface area contributed by atoms with Gasteiger partial charge in [0.25, 0.3) is 10.0 Å². The highest BCUT2D eigenvalue weighted by Crippen LogP contribution is 2.19. The van der Waals surface area contributed by atoms with Crippen LogP contribution in [0.1, 0.15) is 12.6 Å². The summed E-state index contributed by atoms with van der Waals surface area (Å²) in [5.41, 5.74) is 1.06. The summed E-state index contributed by atoms with van der Waals surface area (Å²) in [4.78, 5) is 6.56. The standard InChI is InChI=1S/C17H26ClN5O2S2.HI/c1-5-19-17(22(3)13-15-11-14(18)12-21(15)2)20-8-9-23(4)27(24,25)16-7-6-10-26-16;/h6-7,10-12H,5,8-9,13H2,1-4H3,(H,19,20);1H. The van der Waals surface area contributed by atoms with Gasteiger partial charge in [-0.1, -0.05) is 17.7 Å². The predicted octanol–water partition coefficient (Wildman–Crippen LogP) is 3.08. The van der Waals surface area contributed by atoms with Gasteiger partial charge in [0.1, 0.15) is 4.21 Å². The molecule has 0 unspecified atom stereocenters. The van der Waals surface area contributed by atoms with Crippen LogP contribution in [-0.4, -0.2) is 61.9 Å². The van der Waals surface area contributed by atoms with Crippen molar-refractivity contribution in [3.05, 3.63) is 40.5 Å². The maximum Gasteiger partial charge on any atom is 0.252 e. The average Bonchev–Trinajstić information content (AvgIpc) is 3.24. The van der Waals surface area contributed by atoms with Crippen LogP contribution in [0.25, 0.3) is 0 Å². The summed E-state index contributed by atoms with van der Waals surface area (Å²) in [7, 11) is 2.02. The van der Waals surface area contributed by atoms with Crippen LogP contribution in [0.3, 0.4) is 0 Å². The molecule has 28 heavy (non-hydrogen) atoms. The molecule has 0 amide bonds. The minimum Gasteiger partial charge on any atom is -0.357 e. The third-order valence-corrected chi connectivity index (χ3v) is 7.44. The molecule has 2 rings (SSSR count). The van der Waals surface area contributed by atoms with E-state index in [4.69, 9.17) is 11.6 Å². The minimum absolute atomic E-state index is 0. The molecule has 2 aromatic heterocycles. The zero-order valence-electron chi connectivity index (χ0n) is 16.4. The number of nitrogens with zero attached hydrogens (tertiary/aromatic N) is 4. The second-order valence-electron chi connectivity index (χ2n) is 6.11. The molecule has 0 aliphatic rings. The molecule has 0 radical (unpaired) electrons. The van der Waals surface area contributed by atoms with Crippen LogP contribution in [0.5, 0.6) is 0 Å². The maximum absolute atomic E-state index is 12.5. The van der Waals surface area contributed by atoms with Crippen molar-refractivity contribution < 1.29 is 8.42 Å². The number of rotatable bonds is 8. The van der Waals surface area contributed by atoms with Gasteiger partial charge in [-0.25, -0.2) is 8.42 Å². The van der Waals surface area contributed by atoms with E-state index in [9.17, 15) is 8.42 Å². The predicted molar refractivity (Wildman–Crippen MR) is 127 cm³/mol. The molecule has 0 saturated carbocycles. The van der Waals surface area contributed by atoms with Crippen LogP contribution in [0.4, 0.5) is 0 Å². The molecule has 0 atom stereocenters. The molecule has 0 aliphatic heterocycles. The molecule has 2 heterocycles. The lowest BCUT2D eigenvalue weighted by Gasteiger charge is -2.23. The summed E-state index contributed by atoms with van der Waals surface area (Å²) >= 11 is 7.26. The second kappa shape index (κ2) is 11.4. The second-order valence-corrected chi connectivity index (χ2v) is 9.77. The highest BCUT2D eigenvalue weighted by Gasteiger charge is 2.21. The molecule has 1 N–H and O–H groups in total. The van der Waals surface area contributed by atoms with Crippen LogP contribution in [0.15, 0.2) is 39.0 Å². The number of aromatic nitrogens is 1. The number of hydrogen-bond donors (Lipinski definition) is 1. The number of thiophene rings is 1. The van der Waals surface area contributed by atoms with Gasteiger partial charge in [-0.05, 0) is 24.4 Å². The number of hydrogen-bond acceptors (Lipinski definition) is 4. The van der Waals surface area contributed by atoms with Crippen molar-refractivity contribution in [3.63, 3.8) is 0 Å². The lowest BCUT2D eigenvalue weighted by Crippen LogP contribution is -2.39. The highest BCUT2D eigenvalue weighted by atomic mass is 127. The number of nitrogens with one attached hydrogen (secondary N) is 1. The van der Waals surface area contributed by atoms with E-state index in [1.165, 1.54) is 15.6 Å². The Hall–Kier alpha value is -0.820. The Morgan fingerprint density at radius 2 is 2.11 bits per heavy atom. The summed E-state index contributed by atoms with van der Waals surface area (Å²) in [6, 6.07) is 5.27. The molecule has 0 fully saturated rings. The molecule has 7 nitrogen and oxygen atoms in total. The molecule has 0 bridgehead atoms. The number of aryl methyl sites for hydroxylation is 1. The third kappa shape index (κ3) is 6.61. The van der Waals surface area contributed by atoms with E-state index in [0.29, 0.717) is 28.9 Å². The maximum atomic E-state index is 12.5. The number of sulfonamides is 1. The van der Waals surface area contributed by atoms with Crippen molar-refractivity contribution in [2.45, 2.75) is 17.7 Å². The Kier molecular flexibility index (Phi) is 10.3. The summed E-state index contributed by atoms with van der Waals surface area (Å²) in [6.45, 7) is 4.02. The molecule has 11 heteroatoms. The van der Waals surface area contributed by atoms with E-state index in [1.54, 1.807) is 24.6 Å². The quantitative estimate of drug-likeness (QED) is 0.307. The first-order chi connectivity index (χ1) is 12.8. The van der Waals surface area contributed by atoms with Gasteiger partial charge in [-0.2, -0.15) is 4.31 Å². The molecular weight excluding hydrogens is 533 g/mol. The minimum atomic E-state index is -3.45. The lowest BCUT2D eigenvalue weighted by atomic mass is 10.4. The summed E-state index contributed by atoms with van der Waals surface area (Å²) in [5.74, 6) is 0.719. The first-order valence-corrected chi connectivity index (χ1v) is 11.3. The third-order valence-electron chi connectivity index (χ3n) is 4.01. The van der Waals surface area contributed by atoms with Gasteiger partial charge in [-0.3, -0.25) is 4.99 Å². The first-order valence-electron chi connectivity index (χ1n) is 8.55. The average molecular weight is 560 g/mol. The Bertz CT molecular complexity index is 868. The lowest BCUT2D eigenvalue weighted by molar-refractivity contribution is 0.454. The van der Waals surface area contributed by atoms with Crippen molar-refractivity contribution in [1.82, 2.24) is 19.1 Å². The van der Waals surface area contributed by atoms with Gasteiger partial charge in [0.2, 0.25) is 0 Å². The van der Waals surface area contributed by atoms with E-state index < -0.39 is 10.0 Å². The van der Waals surface area contributed by atoms with E-state index in [2.05, 4.69) is 10.3 Å². The SMILES string of the molecule is CCNC(=NCCN(C)S(=O)(=O)c1cccs1)N(C)Cc1cc(Cl)cn1C.I. The summed E-state index contributed by atoms with van der Waals surface area (Å²) in [6.07, 6.45) is 1.86. The molecule has 0 aliphatic carbocycles. The smallest absolute Gasteiger partial charge is 0.252 e. The molecule has 0 spiro atoms. The first kappa shape index (κ1) is 25.2. The van der Waals surface area contributed by atoms with Crippen molar-refractivity contribution in [3.8, 4) is 0 Å². The molecule has 158 valence electrons. The topological polar surface area (TPSA) is 69.9 Å². The van der Waals surface area contributed by atoms with Crippen LogP contribution < -0.4 is 5.32 Å². The molecule has 0 aromatic carbocycles. The van der Waals surface area contributed by atoms with Gasteiger partial charge < -0.3 is 14.8 Å². The van der Waals surface area contributed by atoms with Crippen molar-refractivity contribution in [2.24, 2.45) is 12.0 Å². The Labute approximate surface area is 193 Å². The fourth-order valence-corrected chi connectivity index (χ4v) is 5.13. The van der Waals surface area contributed by atoms with Crippen molar-refractivity contribution in [2.75, 3.05) is 33.7 Å². The van der Waals surface area contributed by atoms with Gasteiger partial charge in [0.15, 0.2) is 5.96 Å². The normalized spacial score (nSPS) is 12.1. The molecule has 2 aromatic rings. The summed E-state index contributed by atoms with van der Waals surface area (Å²) < 4.78 is 28.6. The number of halogens is 2. The fraction of sp³-hybridized carbons (Fsp3) is 0.471. The van der Waals surface area contributed by atoms with Crippen LogP contribution in [0, 0.1) is 0 Å². The summed E-state index contributed by atoms with van der Waals surface area (Å²) in [5, 5.41) is 5.69. The van der Waals surface area contributed by atoms with E-state index >= 15 is 0 Å². The Morgan fingerprint density at radius 3 is 2.64 bits per heavy atom. The monoisotopic (exact) mass is 559 g/mol. The largest absolute Gasteiger partial charge is 0.357 e. The van der Waals surface area contributed by atoms with Gasteiger partial charge in [0, 0.05) is 46.1 Å².